The van der Waals surface area contributed by atoms with Crippen molar-refractivity contribution in [3.05, 3.63) is 54.1 Å². The molecule has 0 N–H and O–H groups in total. The van der Waals surface area contributed by atoms with Crippen molar-refractivity contribution in [2.24, 2.45) is 5.92 Å². The molecule has 2 atom stereocenters. The summed E-state index contributed by atoms with van der Waals surface area (Å²) in [6, 6.07) is 17.0. The summed E-state index contributed by atoms with van der Waals surface area (Å²) in [6.45, 7) is 5.34. The maximum atomic E-state index is 13.6. The monoisotopic (exact) mass is 407 g/mol. The minimum absolute atomic E-state index is 0.0458. The van der Waals surface area contributed by atoms with Crippen molar-refractivity contribution in [2.45, 2.75) is 12.5 Å². The molecule has 2 aromatic carbocycles. The lowest BCUT2D eigenvalue weighted by molar-refractivity contribution is -0.140. The van der Waals surface area contributed by atoms with Crippen LogP contribution < -0.4 is 14.5 Å². The number of amides is 1. The first kappa shape index (κ1) is 19.2. The van der Waals surface area contributed by atoms with Crippen molar-refractivity contribution in [3.63, 3.8) is 0 Å². The zero-order valence-corrected chi connectivity index (χ0v) is 17.5. The van der Waals surface area contributed by atoms with Gasteiger partial charge >= 0.3 is 0 Å². The Morgan fingerprint density at radius 3 is 2.60 bits per heavy atom. The molecular weight excluding hydrogens is 378 g/mol. The second kappa shape index (κ2) is 8.19. The number of benzene rings is 2. The first-order valence-corrected chi connectivity index (χ1v) is 10.8. The lowest BCUT2D eigenvalue weighted by atomic mass is 9.82. The van der Waals surface area contributed by atoms with Crippen molar-refractivity contribution in [3.8, 4) is 5.75 Å². The van der Waals surface area contributed by atoms with E-state index in [1.807, 2.05) is 17.0 Å². The summed E-state index contributed by atoms with van der Waals surface area (Å²) in [6.07, 6.45) is 0.777. The van der Waals surface area contributed by atoms with Gasteiger partial charge in [-0.25, -0.2) is 0 Å². The molecule has 6 heteroatoms. The fourth-order valence-corrected chi connectivity index (χ4v) is 5.08. The Morgan fingerprint density at radius 1 is 1.03 bits per heavy atom. The average molecular weight is 408 g/mol. The zero-order valence-electron chi connectivity index (χ0n) is 17.5. The van der Waals surface area contributed by atoms with Crippen LogP contribution in [0.15, 0.2) is 48.5 Å². The second-order valence-electron chi connectivity index (χ2n) is 8.29. The van der Waals surface area contributed by atoms with Crippen LogP contribution in [0.2, 0.25) is 0 Å². The van der Waals surface area contributed by atoms with Gasteiger partial charge in [0, 0.05) is 50.2 Å². The summed E-state index contributed by atoms with van der Waals surface area (Å²) in [5.41, 5.74) is 3.69. The third kappa shape index (κ3) is 3.49. The van der Waals surface area contributed by atoms with Crippen LogP contribution in [0.4, 0.5) is 11.4 Å². The summed E-state index contributed by atoms with van der Waals surface area (Å²) in [7, 11) is 1.71. The first-order chi connectivity index (χ1) is 14.7. The predicted molar refractivity (Wildman–Crippen MR) is 117 cm³/mol. The molecule has 2 fully saturated rings. The number of para-hydroxylation sites is 1. The van der Waals surface area contributed by atoms with Crippen LogP contribution >= 0.6 is 0 Å². The van der Waals surface area contributed by atoms with Gasteiger partial charge in [0.2, 0.25) is 5.91 Å². The normalized spacial score (nSPS) is 23.6. The average Bonchev–Trinajstić information content (AvgIpc) is 2.83. The summed E-state index contributed by atoms with van der Waals surface area (Å²) in [5.74, 6) is 1.09. The van der Waals surface area contributed by atoms with Crippen LogP contribution in [0.25, 0.3) is 0 Å². The molecule has 158 valence electrons. The lowest BCUT2D eigenvalue weighted by Gasteiger charge is -2.50. The molecule has 0 radical (unpaired) electrons. The number of rotatable bonds is 3. The number of hydrogen-bond acceptors (Lipinski definition) is 5. The van der Waals surface area contributed by atoms with Crippen molar-refractivity contribution in [2.75, 3.05) is 62.8 Å². The maximum absolute atomic E-state index is 13.6. The van der Waals surface area contributed by atoms with Gasteiger partial charge in [-0.15, -0.1) is 0 Å². The number of ether oxygens (including phenoxy) is 2. The van der Waals surface area contributed by atoms with Gasteiger partial charge in [0.05, 0.1) is 32.3 Å². The highest BCUT2D eigenvalue weighted by atomic mass is 16.5. The van der Waals surface area contributed by atoms with E-state index < -0.39 is 0 Å². The number of morpholine rings is 1. The number of anilines is 2. The minimum Gasteiger partial charge on any atom is -0.497 e. The number of methoxy groups -OCH3 is 1. The van der Waals surface area contributed by atoms with E-state index in [4.69, 9.17) is 9.47 Å². The Labute approximate surface area is 178 Å². The summed E-state index contributed by atoms with van der Waals surface area (Å²) >= 11 is 0. The van der Waals surface area contributed by atoms with E-state index in [0.29, 0.717) is 26.3 Å². The summed E-state index contributed by atoms with van der Waals surface area (Å²) in [5, 5.41) is 0. The molecule has 1 amide bonds. The number of fused-ring (bicyclic) bond motifs is 3. The fraction of sp³-hybridized carbons (Fsp3) is 0.458. The van der Waals surface area contributed by atoms with Crippen LogP contribution in [0.3, 0.4) is 0 Å². The Balaban J connectivity index is 1.48. The molecule has 3 aliphatic heterocycles. The molecule has 0 unspecified atom stereocenters. The number of nitrogens with zero attached hydrogens (tertiary/aromatic N) is 3. The number of carbonyl (C=O) groups excluding carboxylic acids is 1. The van der Waals surface area contributed by atoms with Crippen LogP contribution in [-0.2, 0) is 16.0 Å². The standard InChI is InChI=1S/C24H29N3O3/c1-29-20-8-7-18-15-21(24(28)25-11-13-30-14-12-25)23-17-26(19-5-3-2-4-6-19)9-10-27(23)22(18)16-20/h2-8,16,21,23H,9-15,17H2,1H3/t21-,23+/m0/s1. The molecule has 2 aromatic rings. The van der Waals surface area contributed by atoms with Crippen molar-refractivity contribution in [1.82, 2.24) is 4.90 Å². The van der Waals surface area contributed by atoms with Gasteiger partial charge in [-0.05, 0) is 30.2 Å². The minimum atomic E-state index is -0.0458. The van der Waals surface area contributed by atoms with Gasteiger partial charge in [0.25, 0.3) is 0 Å². The zero-order chi connectivity index (χ0) is 20.5. The van der Waals surface area contributed by atoms with Crippen LogP contribution in [0, 0.1) is 5.92 Å². The lowest BCUT2D eigenvalue weighted by Crippen LogP contribution is -2.62. The van der Waals surface area contributed by atoms with Gasteiger partial charge in [0.15, 0.2) is 0 Å². The Kier molecular flexibility index (Phi) is 5.25. The highest BCUT2D eigenvalue weighted by Crippen LogP contribution is 2.39. The third-order valence-electron chi connectivity index (χ3n) is 6.69. The highest BCUT2D eigenvalue weighted by Gasteiger charge is 2.43. The van der Waals surface area contributed by atoms with E-state index in [2.05, 4.69) is 46.2 Å². The van der Waals surface area contributed by atoms with E-state index in [1.54, 1.807) is 7.11 Å². The predicted octanol–water partition coefficient (Wildman–Crippen LogP) is 2.42. The van der Waals surface area contributed by atoms with Gasteiger partial charge in [-0.3, -0.25) is 4.79 Å². The Morgan fingerprint density at radius 2 is 1.83 bits per heavy atom. The van der Waals surface area contributed by atoms with Crippen LogP contribution in [-0.4, -0.2) is 69.9 Å². The molecule has 0 aromatic heterocycles. The molecule has 3 heterocycles. The van der Waals surface area contributed by atoms with E-state index in [9.17, 15) is 4.79 Å². The van der Waals surface area contributed by atoms with Crippen molar-refractivity contribution < 1.29 is 14.3 Å². The van der Waals surface area contributed by atoms with Gasteiger partial charge in [-0.1, -0.05) is 24.3 Å². The SMILES string of the molecule is COc1ccc2c(c1)N1CCN(c3ccccc3)C[C@@H]1[C@@H](C(=O)N1CCOCC1)C2. The van der Waals surface area contributed by atoms with Crippen LogP contribution in [0.1, 0.15) is 5.56 Å². The van der Waals surface area contributed by atoms with E-state index in [1.165, 1.54) is 16.9 Å². The van der Waals surface area contributed by atoms with Gasteiger partial charge < -0.3 is 24.2 Å². The molecule has 0 spiro atoms. The Hall–Kier alpha value is -2.73. The van der Waals surface area contributed by atoms with Crippen molar-refractivity contribution >= 4 is 17.3 Å². The van der Waals surface area contributed by atoms with E-state index in [0.717, 1.165) is 31.8 Å². The second-order valence-corrected chi connectivity index (χ2v) is 8.29. The molecule has 3 aliphatic rings. The largest absolute Gasteiger partial charge is 0.497 e. The number of piperazine rings is 1. The van der Waals surface area contributed by atoms with Gasteiger partial charge in [-0.2, -0.15) is 0 Å². The molecule has 30 heavy (non-hydrogen) atoms. The third-order valence-corrected chi connectivity index (χ3v) is 6.69. The molecule has 0 saturated carbocycles. The molecule has 0 bridgehead atoms. The van der Waals surface area contributed by atoms with Crippen molar-refractivity contribution in [1.29, 1.82) is 0 Å². The van der Waals surface area contributed by atoms with E-state index >= 15 is 0 Å². The topological polar surface area (TPSA) is 45.2 Å². The van der Waals surface area contributed by atoms with E-state index in [-0.39, 0.29) is 17.9 Å². The smallest absolute Gasteiger partial charge is 0.228 e. The molecule has 5 rings (SSSR count). The summed E-state index contributed by atoms with van der Waals surface area (Å²) in [4.78, 5) is 20.5. The number of carbonyl (C=O) groups is 1. The molecule has 2 saturated heterocycles. The van der Waals surface area contributed by atoms with Crippen LogP contribution in [0.5, 0.6) is 5.75 Å². The fourth-order valence-electron chi connectivity index (χ4n) is 5.08. The van der Waals surface area contributed by atoms with Gasteiger partial charge in [0.1, 0.15) is 5.75 Å². The number of hydrogen-bond donors (Lipinski definition) is 0. The molecule has 0 aliphatic carbocycles. The highest BCUT2D eigenvalue weighted by molar-refractivity contribution is 5.83. The Bertz CT molecular complexity index is 898. The molecule has 6 nitrogen and oxygen atoms in total. The maximum Gasteiger partial charge on any atom is 0.228 e. The first-order valence-electron chi connectivity index (χ1n) is 10.8. The quantitative estimate of drug-likeness (QED) is 0.782. The molecular formula is C24H29N3O3. The summed E-state index contributed by atoms with van der Waals surface area (Å²) < 4.78 is 11.0.